The lowest BCUT2D eigenvalue weighted by molar-refractivity contribution is -0.126. The Bertz CT molecular complexity index is 1120. The third-order valence-electron chi connectivity index (χ3n) is 6.16. The Morgan fingerprint density at radius 1 is 0.939 bits per heavy atom. The van der Waals surface area contributed by atoms with Crippen LogP contribution in [-0.2, 0) is 29.2 Å². The summed E-state index contributed by atoms with van der Waals surface area (Å²) in [6.45, 7) is 4.65. The van der Waals surface area contributed by atoms with Crippen LogP contribution in [0.3, 0.4) is 0 Å². The van der Waals surface area contributed by atoms with E-state index in [1.54, 1.807) is 4.90 Å². The molecule has 2 amide bonds. The third kappa shape index (κ3) is 4.69. The van der Waals surface area contributed by atoms with Crippen LogP contribution in [0, 0.1) is 0 Å². The monoisotopic (exact) mass is 445 g/mol. The van der Waals surface area contributed by atoms with Gasteiger partial charge in [0, 0.05) is 25.2 Å². The molecular weight excluding hydrogens is 418 g/mol. The maximum absolute atomic E-state index is 13.4. The first-order valence-corrected chi connectivity index (χ1v) is 11.3. The van der Waals surface area contributed by atoms with Crippen LogP contribution in [0.25, 0.3) is 0 Å². The SMILES string of the molecule is O=C(NCc1ccc(CN2CCOCC2)o1)[C@@H](c1ccccc1)N1Cc2ccccc2C1=O. The highest BCUT2D eigenvalue weighted by Gasteiger charge is 2.37. The molecule has 1 saturated heterocycles. The lowest BCUT2D eigenvalue weighted by atomic mass is 10.0. The van der Waals surface area contributed by atoms with Crippen LogP contribution in [0.1, 0.15) is 39.0 Å². The van der Waals surface area contributed by atoms with Gasteiger partial charge in [-0.3, -0.25) is 14.5 Å². The second-order valence-corrected chi connectivity index (χ2v) is 8.38. The molecule has 2 aromatic carbocycles. The van der Waals surface area contributed by atoms with Gasteiger partial charge in [-0.25, -0.2) is 0 Å². The van der Waals surface area contributed by atoms with Gasteiger partial charge in [0.15, 0.2) is 0 Å². The quantitative estimate of drug-likeness (QED) is 0.605. The van der Waals surface area contributed by atoms with E-state index in [1.165, 1.54) is 0 Å². The maximum Gasteiger partial charge on any atom is 0.255 e. The second-order valence-electron chi connectivity index (χ2n) is 8.38. The van der Waals surface area contributed by atoms with E-state index in [0.717, 1.165) is 49.7 Å². The predicted octanol–water partition coefficient (Wildman–Crippen LogP) is 3.13. The molecule has 3 aromatic rings. The zero-order chi connectivity index (χ0) is 22.6. The largest absolute Gasteiger partial charge is 0.463 e. The Morgan fingerprint density at radius 2 is 1.67 bits per heavy atom. The van der Waals surface area contributed by atoms with Gasteiger partial charge in [-0.15, -0.1) is 0 Å². The van der Waals surface area contributed by atoms with E-state index in [4.69, 9.17) is 9.15 Å². The van der Waals surface area contributed by atoms with Gasteiger partial charge in [-0.1, -0.05) is 48.5 Å². The number of fused-ring (bicyclic) bond motifs is 1. The first-order chi connectivity index (χ1) is 16.2. The topological polar surface area (TPSA) is 75.0 Å². The Kier molecular flexibility index (Phi) is 6.24. The summed E-state index contributed by atoms with van der Waals surface area (Å²) in [5.74, 6) is 1.20. The van der Waals surface area contributed by atoms with Gasteiger partial charge in [0.2, 0.25) is 5.91 Å². The molecule has 5 rings (SSSR count). The minimum absolute atomic E-state index is 0.125. The number of nitrogens with zero attached hydrogens (tertiary/aromatic N) is 2. The van der Waals surface area contributed by atoms with Crippen LogP contribution in [0.5, 0.6) is 0 Å². The first kappa shape index (κ1) is 21.4. The van der Waals surface area contributed by atoms with Gasteiger partial charge in [0.1, 0.15) is 17.6 Å². The molecule has 0 radical (unpaired) electrons. The highest BCUT2D eigenvalue weighted by atomic mass is 16.5. The van der Waals surface area contributed by atoms with Gasteiger partial charge in [0.25, 0.3) is 5.91 Å². The Labute approximate surface area is 192 Å². The molecule has 1 aromatic heterocycles. The molecule has 0 saturated carbocycles. The molecule has 170 valence electrons. The number of benzene rings is 2. The minimum atomic E-state index is -0.714. The zero-order valence-electron chi connectivity index (χ0n) is 18.4. The molecular formula is C26H27N3O4. The van der Waals surface area contributed by atoms with E-state index < -0.39 is 6.04 Å². The molecule has 7 heteroatoms. The highest BCUT2D eigenvalue weighted by Crippen LogP contribution is 2.31. The number of nitrogens with one attached hydrogen (secondary N) is 1. The summed E-state index contributed by atoms with van der Waals surface area (Å²) in [5.41, 5.74) is 2.38. The van der Waals surface area contributed by atoms with Crippen molar-refractivity contribution >= 4 is 11.8 Å². The van der Waals surface area contributed by atoms with Crippen molar-refractivity contribution in [3.8, 4) is 0 Å². The molecule has 2 aliphatic heterocycles. The molecule has 7 nitrogen and oxygen atoms in total. The fourth-order valence-electron chi connectivity index (χ4n) is 4.45. The summed E-state index contributed by atoms with van der Waals surface area (Å²) in [6, 6.07) is 20.1. The van der Waals surface area contributed by atoms with E-state index in [2.05, 4.69) is 10.2 Å². The summed E-state index contributed by atoms with van der Waals surface area (Å²) in [4.78, 5) is 30.4. The van der Waals surface area contributed by atoms with Crippen molar-refractivity contribution in [3.63, 3.8) is 0 Å². The molecule has 33 heavy (non-hydrogen) atoms. The normalized spacial score (nSPS) is 17.1. The molecule has 0 spiro atoms. The van der Waals surface area contributed by atoms with Crippen LogP contribution < -0.4 is 5.32 Å². The highest BCUT2D eigenvalue weighted by molar-refractivity contribution is 6.01. The van der Waals surface area contributed by atoms with E-state index in [1.807, 2.05) is 66.7 Å². The van der Waals surface area contributed by atoms with Crippen molar-refractivity contribution in [2.75, 3.05) is 26.3 Å². The van der Waals surface area contributed by atoms with Crippen LogP contribution in [0.4, 0.5) is 0 Å². The van der Waals surface area contributed by atoms with Crippen molar-refractivity contribution < 1.29 is 18.7 Å². The first-order valence-electron chi connectivity index (χ1n) is 11.3. The smallest absolute Gasteiger partial charge is 0.255 e. The lowest BCUT2D eigenvalue weighted by Gasteiger charge is -2.27. The number of morpholine rings is 1. The van der Waals surface area contributed by atoms with Crippen molar-refractivity contribution in [2.45, 2.75) is 25.7 Å². The van der Waals surface area contributed by atoms with Gasteiger partial charge in [0.05, 0.1) is 26.3 Å². The molecule has 2 aliphatic rings. The Hall–Kier alpha value is -3.42. The minimum Gasteiger partial charge on any atom is -0.463 e. The Balaban J connectivity index is 1.28. The Morgan fingerprint density at radius 3 is 2.45 bits per heavy atom. The fourth-order valence-corrected chi connectivity index (χ4v) is 4.45. The van der Waals surface area contributed by atoms with Crippen molar-refractivity contribution in [2.24, 2.45) is 0 Å². The molecule has 0 bridgehead atoms. The molecule has 1 N–H and O–H groups in total. The maximum atomic E-state index is 13.4. The van der Waals surface area contributed by atoms with Crippen molar-refractivity contribution in [1.29, 1.82) is 0 Å². The van der Waals surface area contributed by atoms with Crippen LogP contribution >= 0.6 is 0 Å². The van der Waals surface area contributed by atoms with Gasteiger partial charge >= 0.3 is 0 Å². The average Bonchev–Trinajstić information content (AvgIpc) is 3.44. The summed E-state index contributed by atoms with van der Waals surface area (Å²) in [7, 11) is 0. The van der Waals surface area contributed by atoms with E-state index in [0.29, 0.717) is 17.9 Å². The lowest BCUT2D eigenvalue weighted by Crippen LogP contribution is -2.40. The number of hydrogen-bond acceptors (Lipinski definition) is 5. The number of furan rings is 1. The number of ether oxygens (including phenoxy) is 1. The summed E-state index contributed by atoms with van der Waals surface area (Å²) in [5, 5.41) is 2.98. The van der Waals surface area contributed by atoms with Crippen LogP contribution in [0.2, 0.25) is 0 Å². The number of carbonyl (C=O) groups is 2. The molecule has 0 unspecified atom stereocenters. The standard InChI is InChI=1S/C26H27N3O4/c30-25(27-16-21-10-11-22(33-21)18-28-12-14-32-15-13-28)24(19-6-2-1-3-7-19)29-17-20-8-4-5-9-23(20)26(29)31/h1-11,24H,12-18H2,(H,27,30)/t24-/m1/s1. The zero-order valence-corrected chi connectivity index (χ0v) is 18.4. The second kappa shape index (κ2) is 9.60. The van der Waals surface area contributed by atoms with Crippen molar-refractivity contribution in [3.05, 3.63) is 94.9 Å². The van der Waals surface area contributed by atoms with Crippen LogP contribution in [-0.4, -0.2) is 47.9 Å². The summed E-state index contributed by atoms with van der Waals surface area (Å²) < 4.78 is 11.3. The van der Waals surface area contributed by atoms with Gasteiger partial charge in [-0.05, 0) is 29.3 Å². The number of carbonyl (C=O) groups excluding carboxylic acids is 2. The number of rotatable bonds is 7. The number of hydrogen-bond donors (Lipinski definition) is 1. The fraction of sp³-hybridized carbons (Fsp3) is 0.308. The summed E-state index contributed by atoms with van der Waals surface area (Å²) in [6.07, 6.45) is 0. The van der Waals surface area contributed by atoms with Gasteiger partial charge < -0.3 is 19.4 Å². The predicted molar refractivity (Wildman–Crippen MR) is 122 cm³/mol. The number of amides is 2. The van der Waals surface area contributed by atoms with Crippen molar-refractivity contribution in [1.82, 2.24) is 15.1 Å². The molecule has 1 atom stereocenters. The molecule has 3 heterocycles. The molecule has 0 aliphatic carbocycles. The van der Waals surface area contributed by atoms with Gasteiger partial charge in [-0.2, -0.15) is 0 Å². The average molecular weight is 446 g/mol. The third-order valence-corrected chi connectivity index (χ3v) is 6.16. The van der Waals surface area contributed by atoms with E-state index in [-0.39, 0.29) is 18.4 Å². The van der Waals surface area contributed by atoms with E-state index in [9.17, 15) is 9.59 Å². The van der Waals surface area contributed by atoms with E-state index >= 15 is 0 Å². The molecule has 1 fully saturated rings. The summed E-state index contributed by atoms with van der Waals surface area (Å²) >= 11 is 0. The van der Waals surface area contributed by atoms with Crippen LogP contribution in [0.15, 0.2) is 71.1 Å².